The zero-order valence-electron chi connectivity index (χ0n) is 10.2. The lowest BCUT2D eigenvalue weighted by Gasteiger charge is -2.06. The monoisotopic (exact) mass is 278 g/mol. The fourth-order valence-corrected chi connectivity index (χ4v) is 2.21. The van der Waals surface area contributed by atoms with Gasteiger partial charge in [0.25, 0.3) is 5.91 Å². The van der Waals surface area contributed by atoms with Crippen LogP contribution in [0.3, 0.4) is 0 Å². The highest BCUT2D eigenvalue weighted by Crippen LogP contribution is 2.10. The zero-order valence-corrected chi connectivity index (χ0v) is 11.0. The van der Waals surface area contributed by atoms with E-state index in [-0.39, 0.29) is 17.3 Å². The number of carbonyl (C=O) groups is 1. The van der Waals surface area contributed by atoms with Gasteiger partial charge in [-0.1, -0.05) is 12.0 Å². The molecule has 0 spiro atoms. The van der Waals surface area contributed by atoms with Crippen LogP contribution in [0.5, 0.6) is 0 Å². The molecule has 1 aromatic rings. The summed E-state index contributed by atoms with van der Waals surface area (Å²) in [5.41, 5.74) is 0.373. The minimum absolute atomic E-state index is 0.0584. The summed E-state index contributed by atoms with van der Waals surface area (Å²) < 4.78 is 25.7. The fourth-order valence-electron chi connectivity index (χ4n) is 1.27. The van der Waals surface area contributed by atoms with Crippen molar-refractivity contribution in [1.29, 1.82) is 0 Å². The van der Waals surface area contributed by atoms with Gasteiger partial charge in [0.1, 0.15) is 0 Å². The summed E-state index contributed by atoms with van der Waals surface area (Å²) in [5, 5.41) is 2.59. The van der Waals surface area contributed by atoms with Crippen molar-refractivity contribution < 1.29 is 13.2 Å². The lowest BCUT2D eigenvalue weighted by Crippen LogP contribution is -2.25. The summed E-state index contributed by atoms with van der Waals surface area (Å²) in [4.78, 5) is 11.6. The van der Waals surface area contributed by atoms with Crippen molar-refractivity contribution in [2.24, 2.45) is 0 Å². The van der Waals surface area contributed by atoms with Crippen molar-refractivity contribution in [2.45, 2.75) is 4.90 Å². The molecular formula is C13H14N2O3S. The fraction of sp³-hybridized carbons (Fsp3) is 0.154. The summed E-state index contributed by atoms with van der Waals surface area (Å²) in [6.07, 6.45) is 6.54. The number of nitrogens with one attached hydrogen (secondary N) is 2. The zero-order chi connectivity index (χ0) is 14.3. The van der Waals surface area contributed by atoms with E-state index in [1.165, 1.54) is 24.3 Å². The molecule has 6 heteroatoms. The third kappa shape index (κ3) is 4.25. The van der Waals surface area contributed by atoms with Crippen LogP contribution in [-0.4, -0.2) is 27.4 Å². The van der Waals surface area contributed by atoms with Crippen molar-refractivity contribution in [3.05, 3.63) is 42.5 Å². The first kappa shape index (κ1) is 15.0. The molecular weight excluding hydrogens is 264 g/mol. The normalized spacial score (nSPS) is 10.5. The first-order valence-electron chi connectivity index (χ1n) is 5.43. The number of rotatable bonds is 6. The maximum absolute atomic E-state index is 11.7. The van der Waals surface area contributed by atoms with Gasteiger partial charge in [0.05, 0.1) is 11.4 Å². The molecule has 0 saturated carbocycles. The standard InChI is InChI=1S/C13H14N2O3S/c1-3-9-14-13(16)11-5-7-12(8-6-11)19(17,18)15-10-4-2/h2-3,5-8,15H,1,9-10H2,(H,14,16). The van der Waals surface area contributed by atoms with Gasteiger partial charge in [-0.25, -0.2) is 8.42 Å². The first-order chi connectivity index (χ1) is 9.01. The van der Waals surface area contributed by atoms with E-state index in [0.29, 0.717) is 12.1 Å². The molecule has 0 bridgehead atoms. The number of terminal acetylenes is 1. The number of hydrogen-bond donors (Lipinski definition) is 2. The number of sulfonamides is 1. The third-order valence-corrected chi connectivity index (χ3v) is 3.62. The molecule has 1 rings (SSSR count). The number of amides is 1. The predicted octanol–water partition coefficient (Wildman–Crippen LogP) is 0.514. The molecule has 19 heavy (non-hydrogen) atoms. The lowest BCUT2D eigenvalue weighted by molar-refractivity contribution is 0.0958. The Morgan fingerprint density at radius 2 is 2.00 bits per heavy atom. The van der Waals surface area contributed by atoms with E-state index in [4.69, 9.17) is 6.42 Å². The summed E-state index contributed by atoms with van der Waals surface area (Å²) >= 11 is 0. The molecule has 0 fully saturated rings. The van der Waals surface area contributed by atoms with Crippen molar-refractivity contribution in [3.63, 3.8) is 0 Å². The van der Waals surface area contributed by atoms with Crippen LogP contribution in [0.15, 0.2) is 41.8 Å². The summed E-state index contributed by atoms with van der Waals surface area (Å²) in [6, 6.07) is 5.56. The molecule has 1 amide bonds. The predicted molar refractivity (Wildman–Crippen MR) is 73.0 cm³/mol. The molecule has 0 aliphatic heterocycles. The summed E-state index contributed by atoms with van der Waals surface area (Å²) in [6.45, 7) is 3.75. The van der Waals surface area contributed by atoms with E-state index in [2.05, 4.69) is 22.5 Å². The highest BCUT2D eigenvalue weighted by atomic mass is 32.2. The molecule has 1 aromatic carbocycles. The van der Waals surface area contributed by atoms with Crippen molar-refractivity contribution in [1.82, 2.24) is 10.0 Å². The highest BCUT2D eigenvalue weighted by Gasteiger charge is 2.13. The van der Waals surface area contributed by atoms with Gasteiger partial charge < -0.3 is 5.32 Å². The molecule has 0 aliphatic carbocycles. The van der Waals surface area contributed by atoms with Gasteiger partial charge in [-0.15, -0.1) is 13.0 Å². The van der Waals surface area contributed by atoms with Crippen LogP contribution in [0.4, 0.5) is 0 Å². The van der Waals surface area contributed by atoms with E-state index >= 15 is 0 Å². The van der Waals surface area contributed by atoms with Crippen LogP contribution in [-0.2, 0) is 10.0 Å². The maximum Gasteiger partial charge on any atom is 0.251 e. The minimum atomic E-state index is -3.62. The Kier molecular flexibility index (Phi) is 5.30. The Bertz CT molecular complexity index is 598. The Morgan fingerprint density at radius 3 is 2.53 bits per heavy atom. The molecule has 0 atom stereocenters. The summed E-state index contributed by atoms with van der Waals surface area (Å²) in [7, 11) is -3.62. The Labute approximate surface area is 112 Å². The quantitative estimate of drug-likeness (QED) is 0.588. The van der Waals surface area contributed by atoms with Crippen LogP contribution in [0.1, 0.15) is 10.4 Å². The third-order valence-electron chi connectivity index (χ3n) is 2.20. The maximum atomic E-state index is 11.7. The minimum Gasteiger partial charge on any atom is -0.349 e. The van der Waals surface area contributed by atoms with Crippen LogP contribution in [0, 0.1) is 12.3 Å². The van der Waals surface area contributed by atoms with E-state index in [1.807, 2.05) is 0 Å². The van der Waals surface area contributed by atoms with Gasteiger partial charge in [0.2, 0.25) is 10.0 Å². The molecule has 0 aliphatic rings. The molecule has 2 N–H and O–H groups in total. The Hall–Kier alpha value is -2.10. The van der Waals surface area contributed by atoms with Gasteiger partial charge >= 0.3 is 0 Å². The van der Waals surface area contributed by atoms with Gasteiger partial charge in [0, 0.05) is 12.1 Å². The molecule has 5 nitrogen and oxygen atoms in total. The Balaban J connectivity index is 2.85. The second kappa shape index (κ2) is 6.73. The molecule has 0 aromatic heterocycles. The topological polar surface area (TPSA) is 75.3 Å². The van der Waals surface area contributed by atoms with E-state index < -0.39 is 10.0 Å². The molecule has 100 valence electrons. The molecule has 0 unspecified atom stereocenters. The van der Waals surface area contributed by atoms with Crippen LogP contribution >= 0.6 is 0 Å². The van der Waals surface area contributed by atoms with E-state index in [0.717, 1.165) is 0 Å². The highest BCUT2D eigenvalue weighted by molar-refractivity contribution is 7.89. The van der Waals surface area contributed by atoms with Gasteiger partial charge in [-0.05, 0) is 24.3 Å². The Morgan fingerprint density at radius 1 is 1.37 bits per heavy atom. The van der Waals surface area contributed by atoms with Crippen molar-refractivity contribution in [2.75, 3.05) is 13.1 Å². The molecule has 0 heterocycles. The molecule has 0 radical (unpaired) electrons. The molecule has 0 saturated heterocycles. The number of carbonyl (C=O) groups excluding carboxylic acids is 1. The van der Waals surface area contributed by atoms with Crippen LogP contribution in [0.25, 0.3) is 0 Å². The van der Waals surface area contributed by atoms with Gasteiger partial charge in [0.15, 0.2) is 0 Å². The summed E-state index contributed by atoms with van der Waals surface area (Å²) in [5.74, 6) is 1.89. The average molecular weight is 278 g/mol. The van der Waals surface area contributed by atoms with Crippen LogP contribution in [0.2, 0.25) is 0 Å². The first-order valence-corrected chi connectivity index (χ1v) is 6.92. The SMILES string of the molecule is C#CCNS(=O)(=O)c1ccc(C(=O)NCC=C)cc1. The lowest BCUT2D eigenvalue weighted by atomic mass is 10.2. The second-order valence-electron chi connectivity index (χ2n) is 3.55. The van der Waals surface area contributed by atoms with E-state index in [9.17, 15) is 13.2 Å². The average Bonchev–Trinajstić information content (AvgIpc) is 2.42. The largest absolute Gasteiger partial charge is 0.349 e. The second-order valence-corrected chi connectivity index (χ2v) is 5.32. The van der Waals surface area contributed by atoms with Gasteiger partial charge in [-0.3, -0.25) is 4.79 Å². The van der Waals surface area contributed by atoms with Crippen molar-refractivity contribution >= 4 is 15.9 Å². The van der Waals surface area contributed by atoms with Crippen molar-refractivity contribution in [3.8, 4) is 12.3 Å². The smallest absolute Gasteiger partial charge is 0.251 e. The number of hydrogen-bond acceptors (Lipinski definition) is 3. The van der Waals surface area contributed by atoms with Crippen LogP contribution < -0.4 is 10.0 Å². The van der Waals surface area contributed by atoms with Gasteiger partial charge in [-0.2, -0.15) is 4.72 Å². The van der Waals surface area contributed by atoms with E-state index in [1.54, 1.807) is 6.08 Å². The number of benzene rings is 1.